The number of rotatable bonds is 33. The Morgan fingerprint density at radius 3 is 1.84 bits per heavy atom. The monoisotopic (exact) mass is 709 g/mol. The van der Waals surface area contributed by atoms with Crippen LogP contribution in [0.2, 0.25) is 0 Å². The third-order valence-electron chi connectivity index (χ3n) is 7.93. The third kappa shape index (κ3) is 34.4. The summed E-state index contributed by atoms with van der Waals surface area (Å²) in [6.45, 7) is 4.49. The molecule has 0 rings (SSSR count). The fourth-order valence-electron chi connectivity index (χ4n) is 4.78. The highest BCUT2D eigenvalue weighted by atomic mass is 31.2. The van der Waals surface area contributed by atoms with Crippen molar-refractivity contribution in [1.82, 2.24) is 5.32 Å². The molecule has 0 aromatic heterocycles. The summed E-state index contributed by atoms with van der Waals surface area (Å²) in [5.41, 5.74) is 0. The summed E-state index contributed by atoms with van der Waals surface area (Å²) in [4.78, 5) is 25.1. The number of phosphoric acid groups is 1. The van der Waals surface area contributed by atoms with E-state index in [2.05, 4.69) is 67.8 Å². The second kappa shape index (κ2) is 32.1. The van der Waals surface area contributed by atoms with Crippen LogP contribution in [0.5, 0.6) is 0 Å². The molecule has 0 aliphatic rings. The molecular formula is C40H73N2O6P. The van der Waals surface area contributed by atoms with Gasteiger partial charge in [-0.15, -0.1) is 0 Å². The molecule has 0 aliphatic heterocycles. The minimum absolute atomic E-state index is 0.0146. The molecule has 0 aromatic rings. The Kier molecular flexibility index (Phi) is 31.0. The fraction of sp³-hybridized carbons (Fsp3) is 0.725. The number of carbonyl (C=O) groups is 1. The molecule has 0 saturated heterocycles. The molecule has 0 bridgehead atoms. The van der Waals surface area contributed by atoms with E-state index in [1.807, 2.05) is 27.2 Å². The zero-order valence-corrected chi connectivity index (χ0v) is 32.8. The van der Waals surface area contributed by atoms with E-state index in [0.29, 0.717) is 17.4 Å². The van der Waals surface area contributed by atoms with Gasteiger partial charge in [-0.05, 0) is 70.6 Å². The number of nitrogens with zero attached hydrogens (tertiary/aromatic N) is 1. The van der Waals surface area contributed by atoms with Crippen LogP contribution < -0.4 is 10.2 Å². The first-order valence-corrected chi connectivity index (χ1v) is 20.6. The molecule has 0 spiro atoms. The number of nitrogens with one attached hydrogen (secondary N) is 1. The van der Waals surface area contributed by atoms with Gasteiger partial charge in [0.1, 0.15) is 13.2 Å². The van der Waals surface area contributed by atoms with E-state index in [1.165, 1.54) is 38.5 Å². The van der Waals surface area contributed by atoms with Gasteiger partial charge in [0.15, 0.2) is 0 Å². The van der Waals surface area contributed by atoms with Gasteiger partial charge in [-0.2, -0.15) is 0 Å². The van der Waals surface area contributed by atoms with E-state index in [4.69, 9.17) is 9.05 Å². The Labute approximate surface area is 301 Å². The zero-order chi connectivity index (χ0) is 36.5. The Morgan fingerprint density at radius 2 is 1.22 bits per heavy atom. The van der Waals surface area contributed by atoms with Gasteiger partial charge in [-0.3, -0.25) is 9.36 Å². The molecule has 3 unspecified atom stereocenters. The largest absolute Gasteiger partial charge is 0.756 e. The van der Waals surface area contributed by atoms with Gasteiger partial charge in [0.05, 0.1) is 39.9 Å². The highest BCUT2D eigenvalue weighted by Crippen LogP contribution is 2.38. The van der Waals surface area contributed by atoms with Crippen LogP contribution in [-0.2, 0) is 18.4 Å². The molecule has 0 saturated carbocycles. The zero-order valence-electron chi connectivity index (χ0n) is 31.9. The summed E-state index contributed by atoms with van der Waals surface area (Å²) in [6.07, 6.45) is 39.8. The SMILES string of the molecule is CCCC/C=C/CC/C=C/CC/C=C/C(O)C(COP(=O)([O-])OCC[N+](C)(C)C)NC(=O)CCCCCCC/C=C\C/C=C\CCCCC. The minimum atomic E-state index is -4.60. The summed E-state index contributed by atoms with van der Waals surface area (Å²) in [5.74, 6) is -0.231. The van der Waals surface area contributed by atoms with E-state index >= 15 is 0 Å². The van der Waals surface area contributed by atoms with Crippen molar-refractivity contribution in [2.45, 2.75) is 148 Å². The molecule has 0 aliphatic carbocycles. The van der Waals surface area contributed by atoms with Crippen molar-refractivity contribution in [3.05, 3.63) is 60.8 Å². The minimum Gasteiger partial charge on any atom is -0.756 e. The van der Waals surface area contributed by atoms with Gasteiger partial charge >= 0.3 is 0 Å². The molecule has 49 heavy (non-hydrogen) atoms. The van der Waals surface area contributed by atoms with Crippen LogP contribution in [0.4, 0.5) is 0 Å². The smallest absolute Gasteiger partial charge is 0.268 e. The molecule has 0 radical (unpaired) electrons. The van der Waals surface area contributed by atoms with Gasteiger partial charge in [0.25, 0.3) is 7.82 Å². The molecule has 8 nitrogen and oxygen atoms in total. The first-order valence-electron chi connectivity index (χ1n) is 19.2. The number of aliphatic hydroxyl groups excluding tert-OH is 1. The maximum absolute atomic E-state index is 12.8. The molecule has 1 amide bonds. The summed E-state index contributed by atoms with van der Waals surface area (Å²) in [6, 6.07) is -0.916. The molecule has 3 atom stereocenters. The van der Waals surface area contributed by atoms with Crippen molar-refractivity contribution in [2.24, 2.45) is 0 Å². The number of aliphatic hydroxyl groups is 1. The fourth-order valence-corrected chi connectivity index (χ4v) is 5.51. The van der Waals surface area contributed by atoms with Crippen LogP contribution in [-0.4, -0.2) is 68.5 Å². The Bertz CT molecular complexity index is 986. The lowest BCUT2D eigenvalue weighted by atomic mass is 10.1. The van der Waals surface area contributed by atoms with Crippen LogP contribution in [0.1, 0.15) is 136 Å². The van der Waals surface area contributed by atoms with Crippen LogP contribution in [0.15, 0.2) is 60.8 Å². The topological polar surface area (TPSA) is 108 Å². The molecule has 9 heteroatoms. The van der Waals surface area contributed by atoms with Crippen LogP contribution in [0, 0.1) is 0 Å². The van der Waals surface area contributed by atoms with Gasteiger partial charge in [0.2, 0.25) is 5.91 Å². The summed E-state index contributed by atoms with van der Waals surface area (Å²) in [5, 5.41) is 13.6. The first kappa shape index (κ1) is 47.2. The van der Waals surface area contributed by atoms with Crippen molar-refractivity contribution in [1.29, 1.82) is 0 Å². The Balaban J connectivity index is 4.63. The van der Waals surface area contributed by atoms with Crippen molar-refractivity contribution >= 4 is 13.7 Å². The molecule has 0 aromatic carbocycles. The molecule has 284 valence electrons. The second-order valence-electron chi connectivity index (χ2n) is 13.9. The van der Waals surface area contributed by atoms with Crippen molar-refractivity contribution < 1.29 is 32.9 Å². The van der Waals surface area contributed by atoms with Crippen molar-refractivity contribution in [3.8, 4) is 0 Å². The molecule has 0 heterocycles. The van der Waals surface area contributed by atoms with E-state index in [9.17, 15) is 19.4 Å². The average Bonchev–Trinajstić information content (AvgIpc) is 3.04. The Hall–Kier alpha value is -1.80. The summed E-state index contributed by atoms with van der Waals surface area (Å²) < 4.78 is 23.0. The van der Waals surface area contributed by atoms with E-state index < -0.39 is 26.6 Å². The van der Waals surface area contributed by atoms with E-state index in [1.54, 1.807) is 6.08 Å². The summed E-state index contributed by atoms with van der Waals surface area (Å²) in [7, 11) is 1.21. The predicted octanol–water partition coefficient (Wildman–Crippen LogP) is 9.27. The lowest BCUT2D eigenvalue weighted by molar-refractivity contribution is -0.870. The second-order valence-corrected chi connectivity index (χ2v) is 15.3. The van der Waals surface area contributed by atoms with E-state index in [-0.39, 0.29) is 12.5 Å². The number of quaternary nitrogens is 1. The average molecular weight is 709 g/mol. The van der Waals surface area contributed by atoms with Gasteiger partial charge < -0.3 is 28.8 Å². The number of hydrogen-bond acceptors (Lipinski definition) is 6. The molecular weight excluding hydrogens is 635 g/mol. The number of amides is 1. The van der Waals surface area contributed by atoms with Gasteiger partial charge in [-0.25, -0.2) is 0 Å². The van der Waals surface area contributed by atoms with Gasteiger partial charge in [-0.1, -0.05) is 120 Å². The number of carbonyl (C=O) groups excluding carboxylic acids is 1. The number of hydrogen-bond donors (Lipinski definition) is 2. The molecule has 2 N–H and O–H groups in total. The van der Waals surface area contributed by atoms with Crippen molar-refractivity contribution in [3.63, 3.8) is 0 Å². The third-order valence-corrected chi connectivity index (χ3v) is 8.89. The number of unbranched alkanes of at least 4 members (excludes halogenated alkanes) is 12. The Morgan fingerprint density at radius 1 is 0.714 bits per heavy atom. The van der Waals surface area contributed by atoms with Crippen LogP contribution >= 0.6 is 7.82 Å². The van der Waals surface area contributed by atoms with Crippen LogP contribution in [0.25, 0.3) is 0 Å². The lowest BCUT2D eigenvalue weighted by Gasteiger charge is -2.29. The van der Waals surface area contributed by atoms with E-state index in [0.717, 1.165) is 77.0 Å². The maximum Gasteiger partial charge on any atom is 0.268 e. The van der Waals surface area contributed by atoms with Crippen molar-refractivity contribution in [2.75, 3.05) is 40.9 Å². The van der Waals surface area contributed by atoms with Gasteiger partial charge in [0, 0.05) is 6.42 Å². The standard InChI is InChI=1S/C40H73N2O6P/c1-6-8-10-12-14-16-18-20-21-22-24-26-28-30-32-34-40(44)41-38(37-48-49(45,46)47-36-35-42(3,4)5)39(43)33-31-29-27-25-23-19-17-15-13-11-9-7-2/h13-16,20-21,23,25,31,33,38-39,43H,6-12,17-19,22,24,26-30,32,34-37H2,1-5H3,(H-,41,44,45,46)/b15-13+,16-14-,21-20-,25-23+,33-31+. The predicted molar refractivity (Wildman–Crippen MR) is 205 cm³/mol. The van der Waals surface area contributed by atoms with Crippen LogP contribution in [0.3, 0.4) is 0 Å². The number of likely N-dealkylation sites (N-methyl/N-ethyl adjacent to an activating group) is 1. The molecule has 0 fully saturated rings. The number of phosphoric ester groups is 1. The lowest BCUT2D eigenvalue weighted by Crippen LogP contribution is -2.45. The normalized spacial score (nSPS) is 15.3. The first-order chi connectivity index (χ1) is 23.5. The maximum atomic E-state index is 12.8. The number of allylic oxidation sites excluding steroid dienone is 9. The summed E-state index contributed by atoms with van der Waals surface area (Å²) >= 11 is 0. The highest BCUT2D eigenvalue weighted by Gasteiger charge is 2.23. The quantitative estimate of drug-likeness (QED) is 0.0305. The highest BCUT2D eigenvalue weighted by molar-refractivity contribution is 7.45.